The highest BCUT2D eigenvalue weighted by Crippen LogP contribution is 2.28. The van der Waals surface area contributed by atoms with E-state index < -0.39 is 16.5 Å². The number of hydrogen-bond donors (Lipinski definition) is 2. The van der Waals surface area contributed by atoms with E-state index in [2.05, 4.69) is 10.6 Å². The van der Waals surface area contributed by atoms with Gasteiger partial charge in [-0.1, -0.05) is 17.7 Å². The van der Waals surface area contributed by atoms with Gasteiger partial charge in [-0.05, 0) is 18.6 Å². The van der Waals surface area contributed by atoms with Crippen LogP contribution in [-0.2, 0) is 4.79 Å². The maximum atomic E-state index is 12.0. The molecular formula is C12H12ClN3O4. The number of para-hydroxylation sites is 1. The van der Waals surface area contributed by atoms with Crippen LogP contribution in [0.3, 0.4) is 0 Å². The van der Waals surface area contributed by atoms with Crippen molar-refractivity contribution < 1.29 is 14.5 Å². The zero-order valence-corrected chi connectivity index (χ0v) is 11.1. The Morgan fingerprint density at radius 1 is 1.55 bits per heavy atom. The van der Waals surface area contributed by atoms with Crippen molar-refractivity contribution >= 4 is 29.1 Å². The van der Waals surface area contributed by atoms with Crippen molar-refractivity contribution in [2.24, 2.45) is 0 Å². The first-order chi connectivity index (χ1) is 9.49. The number of amides is 2. The van der Waals surface area contributed by atoms with Gasteiger partial charge >= 0.3 is 5.69 Å². The molecule has 2 amide bonds. The van der Waals surface area contributed by atoms with E-state index in [4.69, 9.17) is 11.6 Å². The number of rotatable bonds is 4. The van der Waals surface area contributed by atoms with Crippen LogP contribution in [0.2, 0.25) is 5.02 Å². The van der Waals surface area contributed by atoms with Gasteiger partial charge in [0.1, 0.15) is 10.6 Å². The second kappa shape index (κ2) is 5.87. The molecule has 0 saturated carbocycles. The number of nitro benzene ring substituents is 1. The van der Waals surface area contributed by atoms with Crippen LogP contribution < -0.4 is 10.6 Å². The molecule has 8 heteroatoms. The van der Waals surface area contributed by atoms with Crippen molar-refractivity contribution in [3.05, 3.63) is 38.9 Å². The molecule has 1 unspecified atom stereocenters. The molecule has 1 aliphatic rings. The zero-order chi connectivity index (χ0) is 14.7. The normalized spacial score (nSPS) is 17.6. The van der Waals surface area contributed by atoms with Gasteiger partial charge in [-0.3, -0.25) is 19.7 Å². The lowest BCUT2D eigenvalue weighted by Crippen LogP contribution is -2.38. The second-order valence-electron chi connectivity index (χ2n) is 4.41. The van der Waals surface area contributed by atoms with Gasteiger partial charge < -0.3 is 10.6 Å². The topological polar surface area (TPSA) is 101 Å². The van der Waals surface area contributed by atoms with Crippen LogP contribution in [0.1, 0.15) is 23.2 Å². The molecule has 1 atom stereocenters. The molecule has 1 heterocycles. The molecule has 1 aromatic carbocycles. The van der Waals surface area contributed by atoms with E-state index in [9.17, 15) is 19.7 Å². The highest BCUT2D eigenvalue weighted by Gasteiger charge is 2.25. The Hall–Kier alpha value is -2.15. The molecule has 0 aromatic heterocycles. The van der Waals surface area contributed by atoms with Gasteiger partial charge in [0, 0.05) is 19.0 Å². The molecule has 1 aliphatic heterocycles. The number of hydrogen-bond acceptors (Lipinski definition) is 4. The van der Waals surface area contributed by atoms with Crippen LogP contribution in [-0.4, -0.2) is 29.3 Å². The summed E-state index contributed by atoms with van der Waals surface area (Å²) in [6.07, 6.45) is 1.06. The first-order valence-corrected chi connectivity index (χ1v) is 6.37. The summed E-state index contributed by atoms with van der Waals surface area (Å²) in [6, 6.07) is 4.03. The van der Waals surface area contributed by atoms with Crippen LogP contribution >= 0.6 is 11.6 Å². The zero-order valence-electron chi connectivity index (χ0n) is 10.4. The summed E-state index contributed by atoms with van der Waals surface area (Å²) in [5, 5.41) is 16.1. The maximum absolute atomic E-state index is 12.0. The fourth-order valence-corrected chi connectivity index (χ4v) is 2.27. The second-order valence-corrected chi connectivity index (χ2v) is 4.81. The van der Waals surface area contributed by atoms with Gasteiger partial charge in [-0.15, -0.1) is 0 Å². The van der Waals surface area contributed by atoms with E-state index in [-0.39, 0.29) is 29.1 Å². The standard InChI is InChI=1S/C12H12ClN3O4/c13-9-3-1-2-8(11(9)16(19)20)12(18)14-6-7-4-5-10(17)15-7/h1-3,7H,4-6H2,(H,14,18)(H,15,17). The summed E-state index contributed by atoms with van der Waals surface area (Å²) in [4.78, 5) is 33.2. The lowest BCUT2D eigenvalue weighted by molar-refractivity contribution is -0.385. The van der Waals surface area contributed by atoms with Crippen LogP contribution in [0.5, 0.6) is 0 Å². The molecular weight excluding hydrogens is 286 g/mol. The average Bonchev–Trinajstić information content (AvgIpc) is 2.81. The number of nitrogens with one attached hydrogen (secondary N) is 2. The summed E-state index contributed by atoms with van der Waals surface area (Å²) >= 11 is 5.74. The van der Waals surface area contributed by atoms with Crippen molar-refractivity contribution in [1.29, 1.82) is 0 Å². The first kappa shape index (κ1) is 14.3. The van der Waals surface area contributed by atoms with Crippen molar-refractivity contribution in [3.63, 3.8) is 0 Å². The number of nitrogens with zero attached hydrogens (tertiary/aromatic N) is 1. The van der Waals surface area contributed by atoms with Gasteiger partial charge in [0.2, 0.25) is 5.91 Å². The third kappa shape index (κ3) is 3.05. The minimum atomic E-state index is -0.686. The van der Waals surface area contributed by atoms with Crippen LogP contribution in [0.4, 0.5) is 5.69 Å². The SMILES string of the molecule is O=C1CCC(CNC(=O)c2cccc(Cl)c2[N+](=O)[O-])N1. The fourth-order valence-electron chi connectivity index (χ4n) is 2.03. The predicted molar refractivity (Wildman–Crippen MR) is 71.6 cm³/mol. The first-order valence-electron chi connectivity index (χ1n) is 5.99. The Morgan fingerprint density at radius 3 is 2.90 bits per heavy atom. The summed E-state index contributed by atoms with van der Waals surface area (Å²) in [5.74, 6) is -0.640. The summed E-state index contributed by atoms with van der Waals surface area (Å²) < 4.78 is 0. The van der Waals surface area contributed by atoms with Gasteiger partial charge in [-0.25, -0.2) is 0 Å². The molecule has 7 nitrogen and oxygen atoms in total. The highest BCUT2D eigenvalue weighted by atomic mass is 35.5. The molecule has 106 valence electrons. The molecule has 1 aromatic rings. The number of nitro groups is 1. The van der Waals surface area contributed by atoms with E-state index >= 15 is 0 Å². The molecule has 0 radical (unpaired) electrons. The van der Waals surface area contributed by atoms with Crippen LogP contribution in [0, 0.1) is 10.1 Å². The van der Waals surface area contributed by atoms with E-state index in [0.29, 0.717) is 12.8 Å². The van der Waals surface area contributed by atoms with Crippen LogP contribution in [0.25, 0.3) is 0 Å². The van der Waals surface area contributed by atoms with E-state index in [1.807, 2.05) is 0 Å². The van der Waals surface area contributed by atoms with E-state index in [0.717, 1.165) is 0 Å². The Kier molecular flexibility index (Phi) is 4.19. The Morgan fingerprint density at radius 2 is 2.30 bits per heavy atom. The molecule has 0 spiro atoms. The lowest BCUT2D eigenvalue weighted by atomic mass is 10.1. The Labute approximate surface area is 119 Å². The van der Waals surface area contributed by atoms with E-state index in [1.54, 1.807) is 0 Å². The smallest absolute Gasteiger partial charge is 0.300 e. The van der Waals surface area contributed by atoms with Crippen molar-refractivity contribution in [1.82, 2.24) is 10.6 Å². The number of benzene rings is 1. The number of halogens is 1. The third-order valence-electron chi connectivity index (χ3n) is 3.01. The van der Waals surface area contributed by atoms with Crippen molar-refractivity contribution in [2.45, 2.75) is 18.9 Å². The minimum Gasteiger partial charge on any atom is -0.352 e. The number of carbonyl (C=O) groups is 2. The third-order valence-corrected chi connectivity index (χ3v) is 3.31. The van der Waals surface area contributed by atoms with Gasteiger partial charge in [0.15, 0.2) is 0 Å². The molecule has 1 saturated heterocycles. The summed E-state index contributed by atoms with van der Waals surface area (Å²) in [5.41, 5.74) is -0.506. The summed E-state index contributed by atoms with van der Waals surface area (Å²) in [7, 11) is 0. The van der Waals surface area contributed by atoms with E-state index in [1.165, 1.54) is 18.2 Å². The average molecular weight is 298 g/mol. The molecule has 2 N–H and O–H groups in total. The largest absolute Gasteiger partial charge is 0.352 e. The van der Waals surface area contributed by atoms with Gasteiger partial charge in [0.05, 0.1) is 4.92 Å². The molecule has 2 rings (SSSR count). The van der Waals surface area contributed by atoms with Crippen molar-refractivity contribution in [2.75, 3.05) is 6.54 Å². The minimum absolute atomic E-state index is 0.0574. The summed E-state index contributed by atoms with van der Waals surface area (Å²) in [6.45, 7) is 0.230. The predicted octanol–water partition coefficient (Wildman–Crippen LogP) is 1.26. The lowest BCUT2D eigenvalue weighted by Gasteiger charge is -2.11. The van der Waals surface area contributed by atoms with Crippen LogP contribution in [0.15, 0.2) is 18.2 Å². The molecule has 0 aliphatic carbocycles. The molecule has 20 heavy (non-hydrogen) atoms. The fraction of sp³-hybridized carbons (Fsp3) is 0.333. The maximum Gasteiger partial charge on any atom is 0.300 e. The number of carbonyl (C=O) groups excluding carboxylic acids is 2. The van der Waals surface area contributed by atoms with Gasteiger partial charge in [-0.2, -0.15) is 0 Å². The Bertz CT molecular complexity index is 576. The molecule has 0 bridgehead atoms. The molecule has 1 fully saturated rings. The van der Waals surface area contributed by atoms with Crippen molar-refractivity contribution in [3.8, 4) is 0 Å². The van der Waals surface area contributed by atoms with Gasteiger partial charge in [0.25, 0.3) is 5.91 Å². The highest BCUT2D eigenvalue weighted by molar-refractivity contribution is 6.33. The Balaban J connectivity index is 2.08. The monoisotopic (exact) mass is 297 g/mol. The quantitative estimate of drug-likeness (QED) is 0.645.